The number of allylic oxidation sites excluding steroid dienone is 4. The molecular weight excluding hydrogens is 564 g/mol. The molecule has 0 saturated carbocycles. The minimum atomic E-state index is -4.66. The number of aryl methyl sites for hydroxylation is 2. The second-order valence-electron chi connectivity index (χ2n) is 9.49. The maximum atomic E-state index is 14.3. The van der Waals surface area contributed by atoms with Gasteiger partial charge in [-0.25, -0.2) is 27.8 Å². The van der Waals surface area contributed by atoms with Crippen LogP contribution < -0.4 is 4.74 Å². The highest BCUT2D eigenvalue weighted by molar-refractivity contribution is 7.90. The number of pyridine rings is 1. The lowest BCUT2D eigenvalue weighted by Crippen LogP contribution is -2.08. The predicted octanol–water partition coefficient (Wildman–Crippen LogP) is 6.37. The fourth-order valence-electron chi connectivity index (χ4n) is 4.75. The first-order valence-electron chi connectivity index (χ1n) is 12.3. The standard InChI is InChI=1S/C28H24F4N4O4S/c1-15-34-24(28(30,31)32)14-36(15)23-9-8-18(17-6-5-7-20(10-17)41(4,37)38)11-21(23)25-26(40-16(2)35-25)22-12-19(29)13-33-27(22)39-3/h5-7,10-14H,8-9H2,1-4H3. The Balaban J connectivity index is 1.79. The fraction of sp³-hybridized carbons (Fsp3) is 0.250. The van der Waals surface area contributed by atoms with Crippen molar-refractivity contribution >= 4 is 26.7 Å². The Morgan fingerprint density at radius 1 is 1.10 bits per heavy atom. The number of rotatable bonds is 6. The van der Waals surface area contributed by atoms with E-state index in [4.69, 9.17) is 9.15 Å². The van der Waals surface area contributed by atoms with Gasteiger partial charge in [-0.05, 0) is 55.2 Å². The molecule has 0 N–H and O–H groups in total. The van der Waals surface area contributed by atoms with E-state index in [2.05, 4.69) is 15.0 Å². The molecule has 3 heterocycles. The first kappa shape index (κ1) is 28.3. The molecule has 4 aromatic rings. The molecule has 0 fully saturated rings. The van der Waals surface area contributed by atoms with Crippen molar-refractivity contribution in [2.75, 3.05) is 13.4 Å². The molecular formula is C28H24F4N4O4S. The predicted molar refractivity (Wildman–Crippen MR) is 143 cm³/mol. The van der Waals surface area contributed by atoms with E-state index < -0.39 is 27.5 Å². The number of methoxy groups -OCH3 is 1. The summed E-state index contributed by atoms with van der Waals surface area (Å²) in [5.74, 6) is -0.175. The van der Waals surface area contributed by atoms with E-state index >= 15 is 0 Å². The van der Waals surface area contributed by atoms with Gasteiger partial charge >= 0.3 is 6.18 Å². The molecule has 0 aliphatic heterocycles. The molecule has 0 unspecified atom stereocenters. The zero-order valence-corrected chi connectivity index (χ0v) is 23.2. The molecule has 41 heavy (non-hydrogen) atoms. The Labute approximate surface area is 233 Å². The van der Waals surface area contributed by atoms with E-state index in [0.717, 1.165) is 24.2 Å². The number of halogens is 4. The first-order valence-corrected chi connectivity index (χ1v) is 14.2. The van der Waals surface area contributed by atoms with E-state index in [-0.39, 0.29) is 45.9 Å². The normalized spacial score (nSPS) is 14.4. The molecule has 3 aromatic heterocycles. The monoisotopic (exact) mass is 588 g/mol. The van der Waals surface area contributed by atoms with Crippen molar-refractivity contribution in [1.82, 2.24) is 19.5 Å². The fourth-order valence-corrected chi connectivity index (χ4v) is 5.42. The molecule has 0 radical (unpaired) electrons. The molecule has 13 heteroatoms. The third-order valence-electron chi connectivity index (χ3n) is 6.60. The van der Waals surface area contributed by atoms with E-state index in [0.29, 0.717) is 23.3 Å². The Hall–Kier alpha value is -4.26. The second kappa shape index (κ2) is 10.3. The first-order chi connectivity index (χ1) is 19.3. The van der Waals surface area contributed by atoms with Crippen LogP contribution >= 0.6 is 0 Å². The second-order valence-corrected chi connectivity index (χ2v) is 11.5. The van der Waals surface area contributed by atoms with Crippen LogP contribution in [0.15, 0.2) is 58.1 Å². The van der Waals surface area contributed by atoms with Gasteiger partial charge in [0, 0.05) is 30.6 Å². The van der Waals surface area contributed by atoms with Crippen LogP contribution in [-0.2, 0) is 16.0 Å². The maximum absolute atomic E-state index is 14.3. The average Bonchev–Trinajstić information content (AvgIpc) is 3.50. The zero-order chi connectivity index (χ0) is 29.7. The number of benzene rings is 1. The van der Waals surface area contributed by atoms with Gasteiger partial charge in [0.2, 0.25) is 5.88 Å². The number of hydrogen-bond donors (Lipinski definition) is 0. The van der Waals surface area contributed by atoms with Crippen molar-refractivity contribution in [1.29, 1.82) is 0 Å². The van der Waals surface area contributed by atoms with Gasteiger partial charge in [0.1, 0.15) is 17.3 Å². The Kier molecular flexibility index (Phi) is 7.10. The van der Waals surface area contributed by atoms with Crippen LogP contribution in [0.3, 0.4) is 0 Å². The van der Waals surface area contributed by atoms with Gasteiger partial charge in [-0.1, -0.05) is 12.1 Å². The van der Waals surface area contributed by atoms with Gasteiger partial charge in [0.05, 0.1) is 23.8 Å². The molecule has 5 rings (SSSR count). The number of imidazole rings is 1. The van der Waals surface area contributed by atoms with Crippen LogP contribution in [0.25, 0.3) is 28.2 Å². The summed E-state index contributed by atoms with van der Waals surface area (Å²) in [5.41, 5.74) is 1.52. The van der Waals surface area contributed by atoms with Gasteiger partial charge in [0.25, 0.3) is 0 Å². The van der Waals surface area contributed by atoms with Crippen molar-refractivity contribution < 1.29 is 35.1 Å². The lowest BCUT2D eigenvalue weighted by atomic mass is 9.89. The molecule has 0 atom stereocenters. The van der Waals surface area contributed by atoms with Crippen molar-refractivity contribution in [2.24, 2.45) is 0 Å². The SMILES string of the molecule is COc1ncc(F)cc1-c1oc(C)nc1C1=C(n2cc(C(F)(F)F)nc2C)CCC(c2cccc(S(C)(=O)=O)c2)=C1. The van der Waals surface area contributed by atoms with Crippen LogP contribution in [0.1, 0.15) is 41.5 Å². The summed E-state index contributed by atoms with van der Waals surface area (Å²) in [7, 11) is -2.13. The highest BCUT2D eigenvalue weighted by Gasteiger charge is 2.35. The maximum Gasteiger partial charge on any atom is 0.434 e. The summed E-state index contributed by atoms with van der Waals surface area (Å²) >= 11 is 0. The zero-order valence-electron chi connectivity index (χ0n) is 22.4. The van der Waals surface area contributed by atoms with Gasteiger partial charge in [-0.2, -0.15) is 13.2 Å². The number of oxazole rings is 1. The minimum Gasteiger partial charge on any atom is -0.480 e. The van der Waals surface area contributed by atoms with Crippen molar-refractivity contribution in [3.63, 3.8) is 0 Å². The van der Waals surface area contributed by atoms with Gasteiger partial charge in [0.15, 0.2) is 27.2 Å². The van der Waals surface area contributed by atoms with Gasteiger partial charge in [-0.15, -0.1) is 0 Å². The summed E-state index contributed by atoms with van der Waals surface area (Å²) < 4.78 is 91.9. The number of alkyl halides is 3. The Morgan fingerprint density at radius 2 is 1.85 bits per heavy atom. The molecule has 0 bridgehead atoms. The smallest absolute Gasteiger partial charge is 0.434 e. The summed E-state index contributed by atoms with van der Waals surface area (Å²) in [6.45, 7) is 3.04. The summed E-state index contributed by atoms with van der Waals surface area (Å²) in [5, 5.41) is 0. The molecule has 8 nitrogen and oxygen atoms in total. The topological polar surface area (TPSA) is 100 Å². The number of ether oxygens (including phenoxy) is 1. The summed E-state index contributed by atoms with van der Waals surface area (Å²) in [6, 6.07) is 7.57. The van der Waals surface area contributed by atoms with Crippen LogP contribution in [0.4, 0.5) is 17.6 Å². The number of sulfone groups is 1. The minimum absolute atomic E-state index is 0.0602. The number of nitrogens with zero attached hydrogens (tertiary/aromatic N) is 4. The Morgan fingerprint density at radius 3 is 2.51 bits per heavy atom. The van der Waals surface area contributed by atoms with Crippen molar-refractivity contribution in [2.45, 2.75) is 37.8 Å². The van der Waals surface area contributed by atoms with E-state index in [1.54, 1.807) is 31.2 Å². The lowest BCUT2D eigenvalue weighted by Gasteiger charge is -2.22. The summed E-state index contributed by atoms with van der Waals surface area (Å²) in [6.07, 6.45) is 0.712. The van der Waals surface area contributed by atoms with E-state index in [1.165, 1.54) is 30.7 Å². The van der Waals surface area contributed by atoms with Gasteiger partial charge in [-0.3, -0.25) is 0 Å². The quantitative estimate of drug-likeness (QED) is 0.242. The molecule has 0 saturated heterocycles. The summed E-state index contributed by atoms with van der Waals surface area (Å²) in [4.78, 5) is 12.4. The molecule has 1 aromatic carbocycles. The third kappa shape index (κ3) is 5.53. The van der Waals surface area contributed by atoms with Crippen LogP contribution in [-0.4, -0.2) is 41.3 Å². The Bertz CT molecular complexity index is 1840. The number of aromatic nitrogens is 4. The third-order valence-corrected chi connectivity index (χ3v) is 7.71. The van der Waals surface area contributed by atoms with Crippen molar-refractivity contribution in [3.8, 4) is 17.2 Å². The van der Waals surface area contributed by atoms with E-state index in [9.17, 15) is 26.0 Å². The van der Waals surface area contributed by atoms with Crippen LogP contribution in [0.5, 0.6) is 5.88 Å². The molecule has 214 valence electrons. The molecule has 0 spiro atoms. The van der Waals surface area contributed by atoms with Crippen molar-refractivity contribution in [3.05, 3.63) is 83.3 Å². The lowest BCUT2D eigenvalue weighted by molar-refractivity contribution is -0.141. The average molecular weight is 589 g/mol. The molecule has 0 amide bonds. The van der Waals surface area contributed by atoms with Gasteiger partial charge < -0.3 is 13.7 Å². The molecule has 1 aliphatic rings. The van der Waals surface area contributed by atoms with Crippen LogP contribution in [0.2, 0.25) is 0 Å². The highest BCUT2D eigenvalue weighted by Crippen LogP contribution is 2.43. The van der Waals surface area contributed by atoms with Crippen LogP contribution in [0, 0.1) is 19.7 Å². The largest absolute Gasteiger partial charge is 0.480 e. The number of hydrogen-bond acceptors (Lipinski definition) is 7. The van der Waals surface area contributed by atoms with E-state index in [1.807, 2.05) is 0 Å². The highest BCUT2D eigenvalue weighted by atomic mass is 32.2. The molecule has 1 aliphatic carbocycles.